The van der Waals surface area contributed by atoms with Crippen LogP contribution in [0, 0.1) is 20.2 Å². The Morgan fingerprint density at radius 3 is 1.94 bits per heavy atom. The van der Waals surface area contributed by atoms with E-state index < -0.39 is 45.2 Å². The highest BCUT2D eigenvalue weighted by atomic mass is 19.4. The number of nitro groups is 2. The van der Waals surface area contributed by atoms with Gasteiger partial charge in [0.2, 0.25) is 0 Å². The number of nitrogen functional groups attached to an aromatic ring is 1. The van der Waals surface area contributed by atoms with E-state index in [9.17, 15) is 61.0 Å². The lowest BCUT2D eigenvalue weighted by molar-refractivity contribution is -0.385. The van der Waals surface area contributed by atoms with Gasteiger partial charge in [-0.2, -0.15) is 26.3 Å². The number of rotatable bonds is 6. The number of halogens is 6. The van der Waals surface area contributed by atoms with Gasteiger partial charge in [-0.1, -0.05) is 36.4 Å². The summed E-state index contributed by atoms with van der Waals surface area (Å²) >= 11 is 0. The molecule has 51 heavy (non-hydrogen) atoms. The summed E-state index contributed by atoms with van der Waals surface area (Å²) in [5.41, 5.74) is 3.65. The number of aldehydes is 1. The van der Waals surface area contributed by atoms with Gasteiger partial charge in [-0.05, 0) is 53.9 Å². The summed E-state index contributed by atoms with van der Waals surface area (Å²) in [5, 5.41) is 21.8. The second-order valence-electron chi connectivity index (χ2n) is 10.4. The lowest BCUT2D eigenvalue weighted by atomic mass is 9.96. The SMILES string of the molecule is COC(=O)c1c(CC=O)cccc1[N+](=O)[O-].Nc1cccc(C(F)(F)F)c1.O=C1c2c(cccc2[N+](=O)[O-])CCN1c1cccc(C(F)(F)F)c1. The summed E-state index contributed by atoms with van der Waals surface area (Å²) in [4.78, 5) is 56.1. The Labute approximate surface area is 284 Å². The number of alkyl halides is 6. The van der Waals surface area contributed by atoms with E-state index in [1.54, 1.807) is 6.07 Å². The molecule has 1 aliphatic rings. The topological polar surface area (TPSA) is 176 Å². The van der Waals surface area contributed by atoms with Crippen LogP contribution in [-0.4, -0.2) is 41.7 Å². The van der Waals surface area contributed by atoms with Crippen LogP contribution < -0.4 is 10.6 Å². The third kappa shape index (κ3) is 9.87. The van der Waals surface area contributed by atoms with E-state index in [4.69, 9.17) is 5.73 Å². The number of nitrogens with zero attached hydrogens (tertiary/aromatic N) is 3. The second kappa shape index (κ2) is 16.4. The van der Waals surface area contributed by atoms with Gasteiger partial charge in [-0.15, -0.1) is 0 Å². The molecule has 0 bridgehead atoms. The Morgan fingerprint density at radius 1 is 0.863 bits per heavy atom. The van der Waals surface area contributed by atoms with E-state index in [1.165, 1.54) is 54.6 Å². The van der Waals surface area contributed by atoms with Crippen LogP contribution in [0.3, 0.4) is 0 Å². The molecule has 268 valence electrons. The summed E-state index contributed by atoms with van der Waals surface area (Å²) in [6.45, 7) is 0.161. The summed E-state index contributed by atoms with van der Waals surface area (Å²) in [6, 6.07) is 17.4. The van der Waals surface area contributed by atoms with Crippen molar-refractivity contribution in [2.45, 2.75) is 25.2 Å². The predicted octanol–water partition coefficient (Wildman–Crippen LogP) is 7.23. The van der Waals surface area contributed by atoms with Crippen molar-refractivity contribution in [3.05, 3.63) is 139 Å². The van der Waals surface area contributed by atoms with Crippen molar-refractivity contribution in [3.8, 4) is 0 Å². The zero-order chi connectivity index (χ0) is 38.1. The predicted molar refractivity (Wildman–Crippen MR) is 170 cm³/mol. The van der Waals surface area contributed by atoms with Gasteiger partial charge in [0, 0.05) is 36.5 Å². The minimum Gasteiger partial charge on any atom is -0.465 e. The normalized spacial score (nSPS) is 12.3. The monoisotopic (exact) mass is 720 g/mol. The Balaban J connectivity index is 0.000000225. The van der Waals surface area contributed by atoms with Gasteiger partial charge in [0.25, 0.3) is 17.3 Å². The standard InChI is InChI=1S/C16H11F3N2O3.C10H9NO5.C7H6F3N/c17-16(18,19)11-4-2-5-12(9-11)20-8-7-10-3-1-6-13(21(23)24)14(10)15(20)22;1-16-10(13)9-7(5-6-12)3-2-4-8(9)11(14)15;8-7(9,10)5-2-1-3-6(11)4-5/h1-6,9H,7-8H2;2-4,6H,5H2,1H3;1-4H,11H2. The highest BCUT2D eigenvalue weighted by molar-refractivity contribution is 6.10. The highest BCUT2D eigenvalue weighted by Gasteiger charge is 2.35. The third-order valence-electron chi connectivity index (χ3n) is 7.11. The number of nitrogens with two attached hydrogens (primary N) is 1. The van der Waals surface area contributed by atoms with E-state index in [0.717, 1.165) is 36.3 Å². The van der Waals surface area contributed by atoms with E-state index in [2.05, 4.69) is 4.74 Å². The van der Waals surface area contributed by atoms with E-state index in [-0.39, 0.29) is 52.4 Å². The van der Waals surface area contributed by atoms with Crippen molar-refractivity contribution in [1.82, 2.24) is 0 Å². The van der Waals surface area contributed by atoms with Gasteiger partial charge in [-0.25, -0.2) is 4.79 Å². The zero-order valence-corrected chi connectivity index (χ0v) is 26.2. The van der Waals surface area contributed by atoms with Crippen molar-refractivity contribution in [2.24, 2.45) is 0 Å². The Morgan fingerprint density at radius 2 is 1.41 bits per heavy atom. The molecule has 2 N–H and O–H groups in total. The average molecular weight is 721 g/mol. The quantitative estimate of drug-likeness (QED) is 0.0538. The molecule has 0 fully saturated rings. The summed E-state index contributed by atoms with van der Waals surface area (Å²) in [6.07, 6.45) is -7.98. The van der Waals surface area contributed by atoms with Crippen LogP contribution in [0.2, 0.25) is 0 Å². The van der Waals surface area contributed by atoms with Crippen molar-refractivity contribution in [3.63, 3.8) is 0 Å². The van der Waals surface area contributed by atoms with Gasteiger partial charge in [-0.3, -0.25) is 25.0 Å². The minimum absolute atomic E-state index is 0.0634. The summed E-state index contributed by atoms with van der Waals surface area (Å²) in [5.74, 6) is -1.48. The molecule has 5 rings (SSSR count). The maximum absolute atomic E-state index is 12.8. The number of methoxy groups -OCH3 is 1. The largest absolute Gasteiger partial charge is 0.465 e. The first-order valence-electron chi connectivity index (χ1n) is 14.4. The Kier molecular flexibility index (Phi) is 12.6. The van der Waals surface area contributed by atoms with Crippen LogP contribution in [0.4, 0.5) is 49.1 Å². The molecule has 12 nitrogen and oxygen atoms in total. The van der Waals surface area contributed by atoms with Crippen molar-refractivity contribution in [2.75, 3.05) is 24.3 Å². The fourth-order valence-electron chi connectivity index (χ4n) is 4.81. The van der Waals surface area contributed by atoms with Gasteiger partial charge >= 0.3 is 18.3 Å². The number of carbonyl (C=O) groups is 3. The maximum atomic E-state index is 12.8. The average Bonchev–Trinajstić information content (AvgIpc) is 3.08. The second-order valence-corrected chi connectivity index (χ2v) is 10.4. The lowest BCUT2D eigenvalue weighted by Crippen LogP contribution is -2.38. The molecule has 1 amide bonds. The molecule has 0 atom stereocenters. The number of carbonyl (C=O) groups excluding carboxylic acids is 3. The van der Waals surface area contributed by atoms with Gasteiger partial charge in [0.15, 0.2) is 0 Å². The zero-order valence-electron chi connectivity index (χ0n) is 26.2. The van der Waals surface area contributed by atoms with Crippen molar-refractivity contribution >= 4 is 40.9 Å². The number of amides is 1. The molecule has 0 radical (unpaired) electrons. The molecule has 0 saturated carbocycles. The smallest absolute Gasteiger partial charge is 0.416 e. The minimum atomic E-state index is -4.53. The molecule has 0 aromatic heterocycles. The molecule has 0 aliphatic carbocycles. The van der Waals surface area contributed by atoms with Crippen molar-refractivity contribution in [1.29, 1.82) is 0 Å². The van der Waals surface area contributed by atoms with Crippen molar-refractivity contribution < 1.29 is 55.3 Å². The molecular weight excluding hydrogens is 694 g/mol. The molecule has 0 saturated heterocycles. The summed E-state index contributed by atoms with van der Waals surface area (Å²) < 4.78 is 78.7. The number of nitro benzene ring substituents is 2. The van der Waals surface area contributed by atoms with Crippen LogP contribution in [-0.2, 0) is 34.7 Å². The molecule has 0 spiro atoms. The summed E-state index contributed by atoms with van der Waals surface area (Å²) in [7, 11) is 1.13. The number of benzene rings is 4. The molecule has 1 aliphatic heterocycles. The van der Waals surface area contributed by atoms with E-state index >= 15 is 0 Å². The fraction of sp³-hybridized carbons (Fsp3) is 0.182. The Bertz CT molecular complexity index is 1950. The van der Waals surface area contributed by atoms with Crippen LogP contribution >= 0.6 is 0 Å². The van der Waals surface area contributed by atoms with Crippen LogP contribution in [0.5, 0.6) is 0 Å². The van der Waals surface area contributed by atoms with E-state index in [1.807, 2.05) is 0 Å². The number of fused-ring (bicyclic) bond motifs is 1. The van der Waals surface area contributed by atoms with Crippen LogP contribution in [0.25, 0.3) is 0 Å². The number of hydrogen-bond acceptors (Lipinski definition) is 9. The first-order chi connectivity index (χ1) is 23.9. The lowest BCUT2D eigenvalue weighted by Gasteiger charge is -2.28. The van der Waals surface area contributed by atoms with Crippen LogP contribution in [0.15, 0.2) is 84.9 Å². The molecule has 0 unspecified atom stereocenters. The molecule has 4 aromatic rings. The highest BCUT2D eigenvalue weighted by Crippen LogP contribution is 2.35. The number of esters is 1. The first-order valence-corrected chi connectivity index (χ1v) is 14.4. The van der Waals surface area contributed by atoms with Gasteiger partial charge < -0.3 is 20.2 Å². The molecular formula is C33H26F6N4O8. The van der Waals surface area contributed by atoms with Gasteiger partial charge in [0.1, 0.15) is 17.4 Å². The third-order valence-corrected chi connectivity index (χ3v) is 7.11. The van der Waals surface area contributed by atoms with Gasteiger partial charge in [0.05, 0.1) is 28.1 Å². The molecule has 1 heterocycles. The molecule has 4 aromatic carbocycles. The Hall–Kier alpha value is -6.33. The van der Waals surface area contributed by atoms with E-state index in [0.29, 0.717) is 18.3 Å². The number of ether oxygens (including phenoxy) is 1. The fourth-order valence-corrected chi connectivity index (χ4v) is 4.81. The first kappa shape index (κ1) is 39.1. The maximum Gasteiger partial charge on any atom is 0.416 e. The van der Waals surface area contributed by atoms with Crippen LogP contribution in [0.1, 0.15) is 43.0 Å². The molecule has 18 heteroatoms. The number of hydrogen-bond donors (Lipinski definition) is 1. The number of anilines is 2.